The van der Waals surface area contributed by atoms with Crippen LogP contribution in [0.25, 0.3) is 10.1 Å². The van der Waals surface area contributed by atoms with Crippen molar-refractivity contribution in [3.63, 3.8) is 0 Å². The molecule has 1 aliphatic heterocycles. The molecule has 1 N–H and O–H groups in total. The Morgan fingerprint density at radius 2 is 2.13 bits per heavy atom. The zero-order valence-electron chi connectivity index (χ0n) is 15.6. The molecule has 0 saturated carbocycles. The molecule has 2 aromatic rings. The van der Waals surface area contributed by atoms with Crippen molar-refractivity contribution >= 4 is 27.4 Å². The molecule has 0 radical (unpaired) electrons. The molecule has 0 unspecified atom stereocenters. The van der Waals surface area contributed by atoms with Crippen molar-refractivity contribution in [2.45, 2.75) is 0 Å². The van der Waals surface area contributed by atoms with Crippen molar-refractivity contribution in [3.8, 4) is 0 Å². The molecule has 1 aromatic carbocycles. The first kappa shape index (κ1) is 4.03. The molecule has 1 fully saturated rings. The van der Waals surface area contributed by atoms with Gasteiger partial charge in [0.25, 0.3) is 0 Å². The van der Waals surface area contributed by atoms with Crippen LogP contribution in [-0.2, 0) is 0 Å². The minimum Gasteiger partial charge on any atom is -0.353 e. The Labute approximate surface area is 104 Å². The fourth-order valence-electron chi connectivity index (χ4n) is 1.37. The highest BCUT2D eigenvalue weighted by molar-refractivity contribution is 7.13. The van der Waals surface area contributed by atoms with Crippen molar-refractivity contribution in [1.29, 1.82) is 0 Å². The van der Waals surface area contributed by atoms with Crippen molar-refractivity contribution in [3.05, 3.63) is 24.3 Å². The second-order valence-electron chi connectivity index (χ2n) is 2.94. The van der Waals surface area contributed by atoms with Gasteiger partial charge >= 0.3 is 0 Å². The van der Waals surface area contributed by atoms with E-state index in [0.29, 0.717) is 15.0 Å². The molecule has 3 nitrogen and oxygen atoms in total. The van der Waals surface area contributed by atoms with E-state index in [9.17, 15) is 0 Å². The molecular weight excluding hydrogens is 206 g/mol. The monoisotopic (exact) mass is 227 g/mol. The molecule has 0 bridgehead atoms. The van der Waals surface area contributed by atoms with Gasteiger partial charge in [-0.15, -0.1) is 0 Å². The van der Waals surface area contributed by atoms with Crippen LogP contribution in [0.2, 0.25) is 0 Å². The molecule has 4 heteroatoms. The zero-order valence-corrected chi connectivity index (χ0v) is 8.43. The van der Waals surface area contributed by atoms with E-state index in [0.717, 1.165) is 11.5 Å². The molecule has 1 aromatic heterocycles. The van der Waals surface area contributed by atoms with Gasteiger partial charge in [-0.3, -0.25) is 0 Å². The highest BCUT2D eigenvalue weighted by Crippen LogP contribution is 2.29. The lowest BCUT2D eigenvalue weighted by atomic mass is 10.2. The van der Waals surface area contributed by atoms with Crippen LogP contribution in [0.15, 0.2) is 24.3 Å². The summed E-state index contributed by atoms with van der Waals surface area (Å²) in [7, 11) is 0. The number of nitrogens with one attached hydrogen (secondary N) is 1. The van der Waals surface area contributed by atoms with Crippen molar-refractivity contribution in [2.24, 2.45) is 0 Å². The molecule has 1 saturated heterocycles. The Morgan fingerprint density at radius 3 is 3.00 bits per heavy atom. The van der Waals surface area contributed by atoms with Gasteiger partial charge in [-0.1, -0.05) is 12.1 Å². The molecule has 0 amide bonds. The quantitative estimate of drug-likeness (QED) is 0.804. The lowest BCUT2D eigenvalue weighted by Crippen LogP contribution is -2.43. The molecular formula is C11H13N3S. The summed E-state index contributed by atoms with van der Waals surface area (Å²) in [6, 6.07) is 6.78. The lowest BCUT2D eigenvalue weighted by molar-refractivity contribution is 0.587. The summed E-state index contributed by atoms with van der Waals surface area (Å²) in [5, 5.41) is 2.25. The summed E-state index contributed by atoms with van der Waals surface area (Å²) < 4.78 is 68.3. The van der Waals surface area contributed by atoms with Crippen LogP contribution in [0.3, 0.4) is 0 Å². The van der Waals surface area contributed by atoms with E-state index in [4.69, 9.17) is 11.0 Å². The standard InChI is InChI=1S/C11H13N3S/c1-2-4-10-9(3-1)11(13-15-10)14-7-5-12-6-8-14/h1-4,12H,5-8H2/i5D2,6D2,7D2,8D2. The molecule has 0 atom stereocenters. The number of rotatable bonds is 1. The Bertz CT molecular complexity index is 733. The number of aromatic nitrogens is 1. The summed E-state index contributed by atoms with van der Waals surface area (Å²) in [4.78, 5) is 0.468. The molecule has 3 rings (SSSR count). The van der Waals surface area contributed by atoms with E-state index in [1.54, 1.807) is 29.6 Å². The van der Waals surface area contributed by atoms with Crippen LogP contribution >= 0.6 is 11.5 Å². The van der Waals surface area contributed by atoms with E-state index >= 15 is 0 Å². The van der Waals surface area contributed by atoms with Gasteiger partial charge in [0.1, 0.15) is 5.82 Å². The number of benzene rings is 1. The Morgan fingerprint density at radius 1 is 1.33 bits per heavy atom. The second-order valence-corrected chi connectivity index (χ2v) is 3.74. The van der Waals surface area contributed by atoms with Crippen LogP contribution in [0.1, 0.15) is 11.0 Å². The van der Waals surface area contributed by atoms with Gasteiger partial charge < -0.3 is 10.2 Å². The average Bonchev–Trinajstić information content (AvgIpc) is 2.80. The van der Waals surface area contributed by atoms with Crippen molar-refractivity contribution < 1.29 is 11.0 Å². The van der Waals surface area contributed by atoms with Gasteiger partial charge in [-0.05, 0) is 23.7 Å². The van der Waals surface area contributed by atoms with E-state index in [2.05, 4.69) is 4.37 Å². The van der Waals surface area contributed by atoms with Crippen LogP contribution in [0, 0.1) is 0 Å². The first-order valence-electron chi connectivity index (χ1n) is 8.36. The van der Waals surface area contributed by atoms with E-state index in [-0.39, 0.29) is 5.82 Å². The van der Waals surface area contributed by atoms with E-state index < -0.39 is 26.0 Å². The summed E-state index contributed by atoms with van der Waals surface area (Å²) in [5.74, 6) is -0.116. The maximum absolute atomic E-state index is 8.08. The number of fused-ring (bicyclic) bond motifs is 1. The van der Waals surface area contributed by atoms with Gasteiger partial charge in [0.2, 0.25) is 0 Å². The van der Waals surface area contributed by atoms with Gasteiger partial charge in [-0.25, -0.2) is 0 Å². The smallest absolute Gasteiger partial charge is 0.150 e. The minimum atomic E-state index is -2.86. The summed E-state index contributed by atoms with van der Waals surface area (Å²) in [5.41, 5.74) is 0. The summed E-state index contributed by atoms with van der Waals surface area (Å²) >= 11 is 1.02. The third-order valence-electron chi connectivity index (χ3n) is 2.03. The topological polar surface area (TPSA) is 28.2 Å². The number of piperazine rings is 1. The van der Waals surface area contributed by atoms with Gasteiger partial charge in [0.15, 0.2) is 0 Å². The van der Waals surface area contributed by atoms with E-state index in [1.807, 2.05) is 0 Å². The van der Waals surface area contributed by atoms with Gasteiger partial charge in [0, 0.05) is 36.9 Å². The van der Waals surface area contributed by atoms with Crippen LogP contribution in [0.4, 0.5) is 5.82 Å². The number of hydrogen-bond donors (Lipinski definition) is 1. The summed E-state index contributed by atoms with van der Waals surface area (Å²) in [6.45, 7) is -11.4. The fourth-order valence-corrected chi connectivity index (χ4v) is 2.13. The molecule has 2 heterocycles. The van der Waals surface area contributed by atoms with E-state index in [1.165, 1.54) is 0 Å². The first-order chi connectivity index (χ1) is 10.4. The summed E-state index contributed by atoms with van der Waals surface area (Å²) in [6.07, 6.45) is 0. The van der Waals surface area contributed by atoms with Crippen molar-refractivity contribution in [1.82, 2.24) is 9.69 Å². The lowest BCUT2D eigenvalue weighted by Gasteiger charge is -2.27. The third-order valence-corrected chi connectivity index (χ3v) is 2.85. The highest BCUT2D eigenvalue weighted by Gasteiger charge is 2.15. The molecule has 15 heavy (non-hydrogen) atoms. The maximum atomic E-state index is 8.08. The largest absolute Gasteiger partial charge is 0.353 e. The fraction of sp³-hybridized carbons (Fsp3) is 0.364. The van der Waals surface area contributed by atoms with Crippen LogP contribution < -0.4 is 10.2 Å². The molecule has 0 aliphatic carbocycles. The van der Waals surface area contributed by atoms with Gasteiger partial charge in [0.05, 0.1) is 10.2 Å². The Hall–Kier alpha value is -1.13. The average molecular weight is 227 g/mol. The zero-order chi connectivity index (χ0) is 17.3. The van der Waals surface area contributed by atoms with Crippen molar-refractivity contribution in [2.75, 3.05) is 30.9 Å². The first-order valence-corrected chi connectivity index (χ1v) is 5.13. The normalized spacial score (nSPS) is 38.5. The number of nitrogens with zero attached hydrogens (tertiary/aromatic N) is 2. The Kier molecular flexibility index (Phi) is 1.02. The molecule has 1 aliphatic rings. The molecule has 78 valence electrons. The predicted octanol–water partition coefficient (Wildman–Crippen LogP) is 1.71. The Balaban J connectivity index is 2.28. The third kappa shape index (κ3) is 1.60. The predicted molar refractivity (Wildman–Crippen MR) is 64.7 cm³/mol. The molecule has 0 spiro atoms. The number of hydrogen-bond acceptors (Lipinski definition) is 4. The van der Waals surface area contributed by atoms with Crippen LogP contribution in [-0.4, -0.2) is 30.4 Å². The maximum Gasteiger partial charge on any atom is 0.150 e. The minimum absolute atomic E-state index is 0.116. The SMILES string of the molecule is [2H]C1([2H])NC([2H])([2H])C([2H])([2H])N(c2nsc3ccccc23)C1([2H])[2H]. The van der Waals surface area contributed by atoms with Crippen LogP contribution in [0.5, 0.6) is 0 Å². The number of anilines is 1. The van der Waals surface area contributed by atoms with Gasteiger partial charge in [-0.2, -0.15) is 4.37 Å². The second kappa shape index (κ2) is 3.79. The highest BCUT2D eigenvalue weighted by atomic mass is 32.1.